The zero-order valence-corrected chi connectivity index (χ0v) is 15.3. The number of anilines is 1. The van der Waals surface area contributed by atoms with E-state index >= 15 is 0 Å². The molecule has 1 amide bonds. The van der Waals surface area contributed by atoms with Crippen LogP contribution in [0.15, 0.2) is 18.2 Å². The summed E-state index contributed by atoms with van der Waals surface area (Å²) in [5.74, 6) is 0.734. The number of ether oxygens (including phenoxy) is 2. The van der Waals surface area contributed by atoms with Gasteiger partial charge in [0.15, 0.2) is 6.61 Å². The lowest BCUT2D eigenvalue weighted by molar-refractivity contribution is -0.142. The maximum atomic E-state index is 12.2. The van der Waals surface area contributed by atoms with Crippen LogP contribution >= 0.6 is 0 Å². The van der Waals surface area contributed by atoms with Crippen molar-refractivity contribution in [2.24, 2.45) is 5.92 Å². The predicted octanol–water partition coefficient (Wildman–Crippen LogP) is 2.65. The lowest BCUT2D eigenvalue weighted by Gasteiger charge is -2.29. The lowest BCUT2D eigenvalue weighted by Crippen LogP contribution is -2.43. The highest BCUT2D eigenvalue weighted by atomic mass is 16.6. The fourth-order valence-corrected chi connectivity index (χ4v) is 3.09. The first-order valence-electron chi connectivity index (χ1n) is 8.83. The molecule has 0 aromatic heterocycles. The summed E-state index contributed by atoms with van der Waals surface area (Å²) >= 11 is 0. The summed E-state index contributed by atoms with van der Waals surface area (Å²) in [4.78, 5) is 23.3. The minimum Gasteiger partial charge on any atom is -0.482 e. The molecule has 6 nitrogen and oxygen atoms in total. The molecule has 138 valence electrons. The van der Waals surface area contributed by atoms with Crippen molar-refractivity contribution in [1.82, 2.24) is 5.32 Å². The summed E-state index contributed by atoms with van der Waals surface area (Å²) in [5, 5.41) is 6.29. The van der Waals surface area contributed by atoms with Crippen molar-refractivity contribution in [3.05, 3.63) is 23.8 Å². The van der Waals surface area contributed by atoms with Gasteiger partial charge in [-0.25, -0.2) is 4.79 Å². The zero-order valence-electron chi connectivity index (χ0n) is 15.3. The molecule has 25 heavy (non-hydrogen) atoms. The van der Waals surface area contributed by atoms with Gasteiger partial charge in [0.05, 0.1) is 13.7 Å². The minimum absolute atomic E-state index is 0.0177. The van der Waals surface area contributed by atoms with Crippen molar-refractivity contribution < 1.29 is 19.1 Å². The average molecular weight is 348 g/mol. The largest absolute Gasteiger partial charge is 0.482 e. The molecule has 0 unspecified atom stereocenters. The number of benzene rings is 1. The van der Waals surface area contributed by atoms with Gasteiger partial charge >= 0.3 is 5.97 Å². The third kappa shape index (κ3) is 5.96. The topological polar surface area (TPSA) is 76.7 Å². The van der Waals surface area contributed by atoms with E-state index in [0.29, 0.717) is 17.7 Å². The summed E-state index contributed by atoms with van der Waals surface area (Å²) in [5.41, 5.74) is 1.82. The first kappa shape index (κ1) is 19.1. The Morgan fingerprint density at radius 2 is 2.00 bits per heavy atom. The van der Waals surface area contributed by atoms with E-state index in [1.165, 1.54) is 26.4 Å². The third-order valence-corrected chi connectivity index (χ3v) is 4.68. The van der Waals surface area contributed by atoms with E-state index in [1.54, 1.807) is 6.07 Å². The van der Waals surface area contributed by atoms with Gasteiger partial charge in [-0.1, -0.05) is 19.8 Å². The number of rotatable bonds is 7. The van der Waals surface area contributed by atoms with E-state index in [-0.39, 0.29) is 19.1 Å². The summed E-state index contributed by atoms with van der Waals surface area (Å²) in [6.45, 7) is 4.25. The Morgan fingerprint density at radius 3 is 2.68 bits per heavy atom. The molecule has 1 aliphatic carbocycles. The van der Waals surface area contributed by atoms with Crippen molar-refractivity contribution in [3.63, 3.8) is 0 Å². The fourth-order valence-electron chi connectivity index (χ4n) is 3.09. The van der Waals surface area contributed by atoms with E-state index in [4.69, 9.17) is 4.74 Å². The van der Waals surface area contributed by atoms with Crippen LogP contribution in [0.5, 0.6) is 5.75 Å². The summed E-state index contributed by atoms with van der Waals surface area (Å²) < 4.78 is 9.89. The van der Waals surface area contributed by atoms with Crippen LogP contribution < -0.4 is 15.4 Å². The second-order valence-corrected chi connectivity index (χ2v) is 6.63. The number of aryl methyl sites for hydroxylation is 1. The van der Waals surface area contributed by atoms with E-state index < -0.39 is 5.97 Å². The van der Waals surface area contributed by atoms with Crippen LogP contribution in [0, 0.1) is 12.8 Å². The lowest BCUT2D eigenvalue weighted by atomic mass is 9.86. The normalized spacial score (nSPS) is 19.8. The number of amides is 1. The van der Waals surface area contributed by atoms with E-state index in [2.05, 4.69) is 22.3 Å². The Labute approximate surface area is 149 Å². The van der Waals surface area contributed by atoms with Crippen molar-refractivity contribution in [2.75, 3.05) is 25.6 Å². The molecule has 1 aliphatic rings. The molecule has 0 radical (unpaired) electrons. The first-order chi connectivity index (χ1) is 12.0. The van der Waals surface area contributed by atoms with Crippen LogP contribution in [0.25, 0.3) is 0 Å². The molecular formula is C19H28N2O4. The molecule has 6 heteroatoms. The van der Waals surface area contributed by atoms with Gasteiger partial charge in [0.2, 0.25) is 5.91 Å². The third-order valence-electron chi connectivity index (χ3n) is 4.68. The van der Waals surface area contributed by atoms with Crippen LogP contribution in [0.2, 0.25) is 0 Å². The molecule has 1 fully saturated rings. The van der Waals surface area contributed by atoms with Crippen molar-refractivity contribution in [2.45, 2.75) is 45.6 Å². The Hall–Kier alpha value is -2.24. The zero-order chi connectivity index (χ0) is 18.2. The van der Waals surface area contributed by atoms with E-state index in [1.807, 2.05) is 19.1 Å². The number of hydrogen-bond donors (Lipinski definition) is 2. The maximum absolute atomic E-state index is 12.2. The summed E-state index contributed by atoms with van der Waals surface area (Å²) in [6, 6.07) is 5.72. The molecule has 0 aliphatic heterocycles. The van der Waals surface area contributed by atoms with Crippen LogP contribution in [0.3, 0.4) is 0 Å². The highest BCUT2D eigenvalue weighted by Gasteiger charge is 2.22. The van der Waals surface area contributed by atoms with Gasteiger partial charge in [0, 0.05) is 11.7 Å². The van der Waals surface area contributed by atoms with Crippen LogP contribution in [-0.4, -0.2) is 38.2 Å². The van der Waals surface area contributed by atoms with Gasteiger partial charge in [-0.3, -0.25) is 4.79 Å². The molecule has 2 rings (SSSR count). The molecular weight excluding hydrogens is 320 g/mol. The molecule has 2 N–H and O–H groups in total. The second-order valence-electron chi connectivity index (χ2n) is 6.63. The van der Waals surface area contributed by atoms with Crippen molar-refractivity contribution in [1.29, 1.82) is 0 Å². The molecule has 0 bridgehead atoms. The Morgan fingerprint density at radius 1 is 1.24 bits per heavy atom. The molecule has 1 aromatic carbocycles. The number of esters is 1. The smallest absolute Gasteiger partial charge is 0.343 e. The number of carbonyl (C=O) groups excluding carboxylic acids is 2. The quantitative estimate of drug-likeness (QED) is 0.741. The van der Waals surface area contributed by atoms with Gasteiger partial charge in [-0.15, -0.1) is 0 Å². The van der Waals surface area contributed by atoms with E-state index in [9.17, 15) is 9.59 Å². The molecule has 0 saturated heterocycles. The summed E-state index contributed by atoms with van der Waals surface area (Å²) in [7, 11) is 1.32. The van der Waals surface area contributed by atoms with E-state index in [0.717, 1.165) is 17.7 Å². The summed E-state index contributed by atoms with van der Waals surface area (Å²) in [6.07, 6.45) is 4.70. The van der Waals surface area contributed by atoms with Gasteiger partial charge in [0.1, 0.15) is 5.75 Å². The number of methoxy groups -OCH3 is 1. The molecule has 0 heterocycles. The Balaban J connectivity index is 1.81. The average Bonchev–Trinajstić information content (AvgIpc) is 2.60. The van der Waals surface area contributed by atoms with Crippen molar-refractivity contribution >= 4 is 17.6 Å². The Kier molecular flexibility index (Phi) is 7.10. The fraction of sp³-hybridized carbons (Fsp3) is 0.579. The second kappa shape index (κ2) is 9.30. The van der Waals surface area contributed by atoms with Gasteiger partial charge < -0.3 is 20.1 Å². The van der Waals surface area contributed by atoms with Gasteiger partial charge in [0.25, 0.3) is 0 Å². The number of carbonyl (C=O) groups is 2. The number of nitrogens with one attached hydrogen (secondary N) is 2. The van der Waals surface area contributed by atoms with Gasteiger partial charge in [-0.05, 0) is 49.4 Å². The Bertz CT molecular complexity index is 603. The SMILES string of the molecule is COC(=O)COc1ccc(NCC(=O)N[C@@H]2CCCC[C@@H]2C)c(C)c1. The highest BCUT2D eigenvalue weighted by molar-refractivity contribution is 5.81. The molecule has 0 spiro atoms. The first-order valence-corrected chi connectivity index (χ1v) is 8.83. The molecule has 1 saturated carbocycles. The maximum Gasteiger partial charge on any atom is 0.343 e. The van der Waals surface area contributed by atoms with Crippen LogP contribution in [0.4, 0.5) is 5.69 Å². The molecule has 2 atom stereocenters. The van der Waals surface area contributed by atoms with Crippen LogP contribution in [0.1, 0.15) is 38.2 Å². The highest BCUT2D eigenvalue weighted by Crippen LogP contribution is 2.24. The van der Waals surface area contributed by atoms with Crippen LogP contribution in [-0.2, 0) is 14.3 Å². The monoisotopic (exact) mass is 348 g/mol. The standard InChI is InChI=1S/C19H28N2O4/c1-13-6-4-5-7-17(13)21-18(22)11-20-16-9-8-15(10-14(16)2)25-12-19(23)24-3/h8-10,13,17,20H,4-7,11-12H2,1-3H3,(H,21,22)/t13-,17+/m0/s1. The van der Waals surface area contributed by atoms with Crippen molar-refractivity contribution in [3.8, 4) is 5.75 Å². The molecule has 1 aromatic rings. The van der Waals surface area contributed by atoms with Gasteiger partial charge in [-0.2, -0.15) is 0 Å². The minimum atomic E-state index is -0.423. The predicted molar refractivity (Wildman–Crippen MR) is 96.7 cm³/mol. The number of hydrogen-bond acceptors (Lipinski definition) is 5.